The van der Waals surface area contributed by atoms with Gasteiger partial charge in [-0.3, -0.25) is 0 Å². The Morgan fingerprint density at radius 3 is 2.58 bits per heavy atom. The summed E-state index contributed by atoms with van der Waals surface area (Å²) in [6.07, 6.45) is 1.21. The Balaban J connectivity index is 2.83. The predicted molar refractivity (Wildman–Crippen MR) is 86.1 cm³/mol. The molecule has 0 heterocycles. The van der Waals surface area contributed by atoms with Crippen molar-refractivity contribution >= 4 is 11.8 Å². The Labute approximate surface area is 122 Å². The highest BCUT2D eigenvalue weighted by Crippen LogP contribution is 2.29. The molecule has 3 heteroatoms. The van der Waals surface area contributed by atoms with Crippen molar-refractivity contribution < 1.29 is 4.74 Å². The van der Waals surface area contributed by atoms with E-state index >= 15 is 0 Å². The van der Waals surface area contributed by atoms with Crippen LogP contribution in [0.25, 0.3) is 0 Å². The molecule has 2 atom stereocenters. The van der Waals surface area contributed by atoms with E-state index in [1.807, 2.05) is 11.8 Å². The summed E-state index contributed by atoms with van der Waals surface area (Å²) in [4.78, 5) is 0. The largest absolute Gasteiger partial charge is 0.496 e. The van der Waals surface area contributed by atoms with Crippen molar-refractivity contribution in [2.75, 3.05) is 13.7 Å². The van der Waals surface area contributed by atoms with Crippen molar-refractivity contribution in [1.82, 2.24) is 5.32 Å². The Kier molecular flexibility index (Phi) is 7.32. The third kappa shape index (κ3) is 5.07. The molecule has 1 N–H and O–H groups in total. The van der Waals surface area contributed by atoms with E-state index in [4.69, 9.17) is 4.74 Å². The molecule has 2 unspecified atom stereocenters. The number of hydrogen-bond donors (Lipinski definition) is 1. The van der Waals surface area contributed by atoms with E-state index in [0.29, 0.717) is 11.3 Å². The maximum absolute atomic E-state index is 5.47. The van der Waals surface area contributed by atoms with Crippen molar-refractivity contribution in [3.63, 3.8) is 0 Å². The molecule has 2 nitrogen and oxygen atoms in total. The highest BCUT2D eigenvalue weighted by atomic mass is 32.2. The normalized spacial score (nSPS) is 14.2. The summed E-state index contributed by atoms with van der Waals surface area (Å²) in [7, 11) is 1.75. The first-order valence-electron chi connectivity index (χ1n) is 7.14. The summed E-state index contributed by atoms with van der Waals surface area (Å²) in [6.45, 7) is 9.85. The van der Waals surface area contributed by atoms with Crippen LogP contribution >= 0.6 is 11.8 Å². The first-order chi connectivity index (χ1) is 9.12. The van der Waals surface area contributed by atoms with Gasteiger partial charge in [0.15, 0.2) is 0 Å². The lowest BCUT2D eigenvalue weighted by molar-refractivity contribution is 0.411. The second kappa shape index (κ2) is 8.49. The van der Waals surface area contributed by atoms with Crippen LogP contribution in [0.3, 0.4) is 0 Å². The van der Waals surface area contributed by atoms with Crippen LogP contribution < -0.4 is 10.1 Å². The fourth-order valence-electron chi connectivity index (χ4n) is 1.95. The predicted octanol–water partition coefficient (Wildman–Crippen LogP) is 4.40. The van der Waals surface area contributed by atoms with Crippen molar-refractivity contribution in [2.24, 2.45) is 0 Å². The molecule has 108 valence electrons. The first kappa shape index (κ1) is 16.4. The minimum atomic E-state index is 0.392. The second-order valence-corrected chi connectivity index (χ2v) is 6.31. The fraction of sp³-hybridized carbons (Fsp3) is 0.625. The number of rotatable bonds is 8. The third-order valence-electron chi connectivity index (χ3n) is 3.41. The molecule has 1 aromatic carbocycles. The Morgan fingerprint density at radius 2 is 2.00 bits per heavy atom. The minimum Gasteiger partial charge on any atom is -0.496 e. The first-order valence-corrected chi connectivity index (χ1v) is 8.19. The summed E-state index contributed by atoms with van der Waals surface area (Å²) in [5.41, 5.74) is 2.64. The summed E-state index contributed by atoms with van der Waals surface area (Å²) in [5, 5.41) is 4.15. The maximum atomic E-state index is 5.47. The number of benzene rings is 1. The molecule has 0 fully saturated rings. The molecule has 0 bridgehead atoms. The molecule has 0 aliphatic heterocycles. The van der Waals surface area contributed by atoms with Crippen molar-refractivity contribution in [3.05, 3.63) is 29.3 Å². The van der Waals surface area contributed by atoms with Gasteiger partial charge in [-0.15, -0.1) is 0 Å². The summed E-state index contributed by atoms with van der Waals surface area (Å²) >= 11 is 1.99. The van der Waals surface area contributed by atoms with Crippen molar-refractivity contribution in [3.8, 4) is 5.75 Å². The molecule has 0 amide bonds. The lowest BCUT2D eigenvalue weighted by atomic mass is 10.0. The van der Waals surface area contributed by atoms with Crippen LogP contribution in [0.2, 0.25) is 0 Å². The topological polar surface area (TPSA) is 21.3 Å². The van der Waals surface area contributed by atoms with Gasteiger partial charge in [-0.05, 0) is 37.6 Å². The number of nitrogens with one attached hydrogen (secondary N) is 1. The van der Waals surface area contributed by atoms with Crippen LogP contribution in [-0.4, -0.2) is 18.9 Å². The monoisotopic (exact) mass is 281 g/mol. The molecule has 1 aromatic rings. The van der Waals surface area contributed by atoms with E-state index in [1.165, 1.54) is 17.5 Å². The zero-order valence-corrected chi connectivity index (χ0v) is 13.6. The molecule has 19 heavy (non-hydrogen) atoms. The van der Waals surface area contributed by atoms with Crippen molar-refractivity contribution in [2.45, 2.75) is 51.2 Å². The molecule has 0 aliphatic carbocycles. The number of hydrogen-bond acceptors (Lipinski definition) is 3. The van der Waals surface area contributed by atoms with Gasteiger partial charge < -0.3 is 10.1 Å². The van der Waals surface area contributed by atoms with Gasteiger partial charge in [0.25, 0.3) is 0 Å². The summed E-state index contributed by atoms with van der Waals surface area (Å²) in [5.74, 6) is 2.02. The zero-order chi connectivity index (χ0) is 14.3. The number of ether oxygens (including phenoxy) is 1. The highest BCUT2D eigenvalue weighted by Gasteiger charge is 2.10. The highest BCUT2D eigenvalue weighted by molar-refractivity contribution is 7.99. The summed E-state index contributed by atoms with van der Waals surface area (Å²) < 4.78 is 5.47. The lowest BCUT2D eigenvalue weighted by Gasteiger charge is -2.17. The van der Waals surface area contributed by atoms with Crippen molar-refractivity contribution in [1.29, 1.82) is 0 Å². The fourth-order valence-corrected chi connectivity index (χ4v) is 2.88. The molecule has 0 aromatic heterocycles. The van der Waals surface area contributed by atoms with Crippen LogP contribution in [-0.2, 0) is 5.75 Å². The average Bonchev–Trinajstić information content (AvgIpc) is 2.44. The van der Waals surface area contributed by atoms with E-state index in [1.54, 1.807) is 7.11 Å². The maximum Gasteiger partial charge on any atom is 0.122 e. The molecule has 0 saturated carbocycles. The smallest absolute Gasteiger partial charge is 0.122 e. The molecule has 0 radical (unpaired) electrons. The molecular weight excluding hydrogens is 254 g/mol. The van der Waals surface area contributed by atoms with Crippen LogP contribution in [0.15, 0.2) is 18.2 Å². The van der Waals surface area contributed by atoms with E-state index < -0.39 is 0 Å². The standard InChI is InChI=1S/C16H27NOS/c1-6-12(3)19-11-15-10-14(13(4)17-7-2)8-9-16(15)18-5/h8-10,12-13,17H,6-7,11H2,1-5H3. The molecule has 0 spiro atoms. The van der Waals surface area contributed by atoms with E-state index in [9.17, 15) is 0 Å². The van der Waals surface area contributed by atoms with Gasteiger partial charge in [0.2, 0.25) is 0 Å². The van der Waals surface area contributed by atoms with Gasteiger partial charge in [-0.1, -0.05) is 26.8 Å². The number of thioether (sulfide) groups is 1. The second-order valence-electron chi connectivity index (χ2n) is 4.88. The van der Waals surface area contributed by atoms with Crippen LogP contribution in [0.1, 0.15) is 51.3 Å². The number of methoxy groups -OCH3 is 1. The van der Waals surface area contributed by atoms with Gasteiger partial charge in [0.1, 0.15) is 5.75 Å². The van der Waals surface area contributed by atoms with Crippen LogP contribution in [0.4, 0.5) is 0 Å². The average molecular weight is 281 g/mol. The Hall–Kier alpha value is -0.670. The van der Waals surface area contributed by atoms with Gasteiger partial charge >= 0.3 is 0 Å². The van der Waals surface area contributed by atoms with Gasteiger partial charge in [0.05, 0.1) is 7.11 Å². The van der Waals surface area contributed by atoms with Gasteiger partial charge in [-0.25, -0.2) is 0 Å². The van der Waals surface area contributed by atoms with Gasteiger partial charge in [-0.2, -0.15) is 11.8 Å². The van der Waals surface area contributed by atoms with Gasteiger partial charge in [0, 0.05) is 22.6 Å². The molecular formula is C16H27NOS. The third-order valence-corrected chi connectivity index (χ3v) is 4.79. The molecule has 0 aliphatic rings. The van der Waals surface area contributed by atoms with E-state index in [-0.39, 0.29) is 0 Å². The molecule has 1 rings (SSSR count). The minimum absolute atomic E-state index is 0.392. The van der Waals surface area contributed by atoms with Crippen LogP contribution in [0.5, 0.6) is 5.75 Å². The quantitative estimate of drug-likeness (QED) is 0.763. The Bertz CT molecular complexity index is 381. The lowest BCUT2D eigenvalue weighted by Crippen LogP contribution is -2.17. The SMILES string of the molecule is CCNC(C)c1ccc(OC)c(CSC(C)CC)c1. The van der Waals surface area contributed by atoms with Crippen LogP contribution in [0, 0.1) is 0 Å². The van der Waals surface area contributed by atoms with E-state index in [2.05, 4.69) is 51.2 Å². The van der Waals surface area contributed by atoms with E-state index in [0.717, 1.165) is 18.0 Å². The Morgan fingerprint density at radius 1 is 1.26 bits per heavy atom. The molecule has 0 saturated heterocycles. The zero-order valence-electron chi connectivity index (χ0n) is 12.8. The summed E-state index contributed by atoms with van der Waals surface area (Å²) in [6, 6.07) is 6.92.